The first kappa shape index (κ1) is 16.5. The van der Waals surface area contributed by atoms with E-state index in [2.05, 4.69) is 15.3 Å². The fourth-order valence-corrected chi connectivity index (χ4v) is 2.83. The van der Waals surface area contributed by atoms with Crippen molar-refractivity contribution in [2.45, 2.75) is 20.4 Å². The summed E-state index contributed by atoms with van der Waals surface area (Å²) in [6.07, 6.45) is 0. The predicted octanol–water partition coefficient (Wildman–Crippen LogP) is -0.364. The van der Waals surface area contributed by atoms with Gasteiger partial charge in [0.2, 0.25) is 11.8 Å². The summed E-state index contributed by atoms with van der Waals surface area (Å²) in [7, 11) is 3.61. The van der Waals surface area contributed by atoms with Crippen molar-refractivity contribution in [2.75, 3.05) is 40.3 Å². The van der Waals surface area contributed by atoms with Crippen LogP contribution in [0.4, 0.5) is 0 Å². The van der Waals surface area contributed by atoms with Gasteiger partial charge in [0.15, 0.2) is 0 Å². The van der Waals surface area contributed by atoms with Crippen molar-refractivity contribution in [1.29, 1.82) is 0 Å². The summed E-state index contributed by atoms with van der Waals surface area (Å²) in [5.74, 6) is -0.199. The molecule has 0 spiro atoms. The standard InChI is InChI=1S/C15H25N5O2/c1-11-7-12(2)20(17-11)10-14(21)19-6-5-18(4)8-13(9-19)15(22)16-3/h7,13H,5-6,8-10H2,1-4H3,(H,16,22)/t13-/m0/s1. The van der Waals surface area contributed by atoms with Gasteiger partial charge in [-0.05, 0) is 27.0 Å². The number of nitrogens with zero attached hydrogens (tertiary/aromatic N) is 4. The highest BCUT2D eigenvalue weighted by atomic mass is 16.2. The number of hydrogen-bond donors (Lipinski definition) is 1. The second-order valence-electron chi connectivity index (χ2n) is 6.00. The van der Waals surface area contributed by atoms with E-state index in [1.165, 1.54) is 0 Å². The molecular weight excluding hydrogens is 282 g/mol. The molecule has 122 valence electrons. The first-order chi connectivity index (χ1) is 10.4. The fraction of sp³-hybridized carbons (Fsp3) is 0.667. The van der Waals surface area contributed by atoms with Crippen molar-refractivity contribution in [3.63, 3.8) is 0 Å². The lowest BCUT2D eigenvalue weighted by molar-refractivity contribution is -0.133. The van der Waals surface area contributed by atoms with Crippen LogP contribution in [0.15, 0.2) is 6.07 Å². The number of aryl methyl sites for hydroxylation is 2. The summed E-state index contributed by atoms with van der Waals surface area (Å²) in [6.45, 7) is 6.63. The molecule has 1 aliphatic rings. The average Bonchev–Trinajstić information content (AvgIpc) is 2.67. The fourth-order valence-electron chi connectivity index (χ4n) is 2.83. The summed E-state index contributed by atoms with van der Waals surface area (Å²) in [6, 6.07) is 1.96. The first-order valence-electron chi connectivity index (χ1n) is 7.59. The average molecular weight is 307 g/mol. The van der Waals surface area contributed by atoms with E-state index in [9.17, 15) is 9.59 Å². The third-order valence-electron chi connectivity index (χ3n) is 4.08. The zero-order valence-electron chi connectivity index (χ0n) is 13.8. The van der Waals surface area contributed by atoms with Crippen molar-refractivity contribution >= 4 is 11.8 Å². The van der Waals surface area contributed by atoms with Crippen LogP contribution in [0.1, 0.15) is 11.4 Å². The van der Waals surface area contributed by atoms with Crippen molar-refractivity contribution in [2.24, 2.45) is 5.92 Å². The lowest BCUT2D eigenvalue weighted by atomic mass is 10.1. The second-order valence-corrected chi connectivity index (χ2v) is 6.00. The molecule has 1 N–H and O–H groups in total. The minimum Gasteiger partial charge on any atom is -0.359 e. The molecule has 2 heterocycles. The van der Waals surface area contributed by atoms with Gasteiger partial charge in [-0.2, -0.15) is 5.10 Å². The Hall–Kier alpha value is -1.89. The monoisotopic (exact) mass is 307 g/mol. The Morgan fingerprint density at radius 3 is 2.64 bits per heavy atom. The molecular formula is C15H25N5O2. The van der Waals surface area contributed by atoms with Gasteiger partial charge in [-0.25, -0.2) is 0 Å². The van der Waals surface area contributed by atoms with Crippen LogP contribution in [-0.2, 0) is 16.1 Å². The number of likely N-dealkylation sites (N-methyl/N-ethyl adjacent to an activating group) is 1. The zero-order chi connectivity index (χ0) is 16.3. The number of carbonyl (C=O) groups excluding carboxylic acids is 2. The van der Waals surface area contributed by atoms with Crippen LogP contribution in [-0.4, -0.2) is 71.7 Å². The summed E-state index contributed by atoms with van der Waals surface area (Å²) in [5.41, 5.74) is 1.88. The molecule has 0 aliphatic carbocycles. The smallest absolute Gasteiger partial charge is 0.244 e. The molecule has 1 aromatic heterocycles. The van der Waals surface area contributed by atoms with E-state index in [-0.39, 0.29) is 24.3 Å². The number of amides is 2. The summed E-state index contributed by atoms with van der Waals surface area (Å²) < 4.78 is 1.72. The highest BCUT2D eigenvalue weighted by Gasteiger charge is 2.28. The maximum Gasteiger partial charge on any atom is 0.244 e. The maximum atomic E-state index is 12.6. The molecule has 7 heteroatoms. The van der Waals surface area contributed by atoms with E-state index in [1.54, 1.807) is 16.6 Å². The van der Waals surface area contributed by atoms with Crippen molar-refractivity contribution in [3.8, 4) is 0 Å². The Kier molecular flexibility index (Phi) is 5.18. The van der Waals surface area contributed by atoms with E-state index < -0.39 is 0 Å². The summed E-state index contributed by atoms with van der Waals surface area (Å²) in [5, 5.41) is 7.02. The predicted molar refractivity (Wildman–Crippen MR) is 83.3 cm³/mol. The minimum absolute atomic E-state index is 0.00963. The number of nitrogens with one attached hydrogen (secondary N) is 1. The van der Waals surface area contributed by atoms with E-state index in [1.807, 2.05) is 27.0 Å². The second kappa shape index (κ2) is 6.91. The molecule has 1 fully saturated rings. The Balaban J connectivity index is 2.07. The Labute approximate surface area is 131 Å². The van der Waals surface area contributed by atoms with Crippen LogP contribution in [0, 0.1) is 19.8 Å². The molecule has 1 atom stereocenters. The van der Waals surface area contributed by atoms with Gasteiger partial charge in [-0.15, -0.1) is 0 Å². The van der Waals surface area contributed by atoms with Crippen molar-refractivity contribution in [1.82, 2.24) is 24.9 Å². The van der Waals surface area contributed by atoms with Gasteiger partial charge in [0.25, 0.3) is 0 Å². The van der Waals surface area contributed by atoms with E-state index in [0.29, 0.717) is 19.6 Å². The van der Waals surface area contributed by atoms with Crippen LogP contribution in [0.3, 0.4) is 0 Å². The highest BCUT2D eigenvalue weighted by Crippen LogP contribution is 2.10. The Morgan fingerprint density at radius 1 is 1.32 bits per heavy atom. The van der Waals surface area contributed by atoms with E-state index >= 15 is 0 Å². The molecule has 1 aliphatic heterocycles. The minimum atomic E-state index is -0.193. The zero-order valence-corrected chi connectivity index (χ0v) is 13.8. The molecule has 22 heavy (non-hydrogen) atoms. The molecule has 0 radical (unpaired) electrons. The number of carbonyl (C=O) groups is 2. The van der Waals surface area contributed by atoms with Gasteiger partial charge in [-0.1, -0.05) is 0 Å². The van der Waals surface area contributed by atoms with Gasteiger partial charge < -0.3 is 15.1 Å². The van der Waals surface area contributed by atoms with Crippen LogP contribution >= 0.6 is 0 Å². The SMILES string of the molecule is CNC(=O)[C@H]1CN(C)CCN(C(=O)Cn2nc(C)cc2C)C1. The van der Waals surface area contributed by atoms with Crippen molar-refractivity contribution < 1.29 is 9.59 Å². The third kappa shape index (κ3) is 3.85. The van der Waals surface area contributed by atoms with Gasteiger partial charge in [0, 0.05) is 38.9 Å². The number of hydrogen-bond acceptors (Lipinski definition) is 4. The van der Waals surface area contributed by atoms with Crippen LogP contribution in [0.25, 0.3) is 0 Å². The lowest BCUT2D eigenvalue weighted by Gasteiger charge is -2.23. The van der Waals surface area contributed by atoms with E-state index in [4.69, 9.17) is 0 Å². The Morgan fingerprint density at radius 2 is 2.05 bits per heavy atom. The van der Waals surface area contributed by atoms with Gasteiger partial charge >= 0.3 is 0 Å². The van der Waals surface area contributed by atoms with Crippen LogP contribution < -0.4 is 5.32 Å². The maximum absolute atomic E-state index is 12.6. The summed E-state index contributed by atoms with van der Waals surface area (Å²) >= 11 is 0. The molecule has 2 amide bonds. The molecule has 0 unspecified atom stereocenters. The van der Waals surface area contributed by atoms with Crippen LogP contribution in [0.2, 0.25) is 0 Å². The normalized spacial score (nSPS) is 19.8. The molecule has 0 bridgehead atoms. The quantitative estimate of drug-likeness (QED) is 0.828. The Bertz CT molecular complexity index is 554. The molecule has 2 rings (SSSR count). The molecule has 1 aromatic rings. The molecule has 7 nitrogen and oxygen atoms in total. The molecule has 0 aromatic carbocycles. The van der Waals surface area contributed by atoms with Gasteiger partial charge in [-0.3, -0.25) is 14.3 Å². The molecule has 0 saturated carbocycles. The number of rotatable bonds is 3. The van der Waals surface area contributed by atoms with Gasteiger partial charge in [0.1, 0.15) is 6.54 Å². The van der Waals surface area contributed by atoms with Crippen LogP contribution in [0.5, 0.6) is 0 Å². The van der Waals surface area contributed by atoms with E-state index in [0.717, 1.165) is 17.9 Å². The topological polar surface area (TPSA) is 70.5 Å². The first-order valence-corrected chi connectivity index (χ1v) is 7.59. The molecule has 1 saturated heterocycles. The lowest BCUT2D eigenvalue weighted by Crippen LogP contribution is -2.42. The summed E-state index contributed by atoms with van der Waals surface area (Å²) in [4.78, 5) is 28.4. The van der Waals surface area contributed by atoms with Gasteiger partial charge in [0.05, 0.1) is 11.6 Å². The van der Waals surface area contributed by atoms with Crippen molar-refractivity contribution in [3.05, 3.63) is 17.5 Å². The third-order valence-corrected chi connectivity index (χ3v) is 4.08. The highest BCUT2D eigenvalue weighted by molar-refractivity contribution is 5.81. The number of aromatic nitrogens is 2. The largest absolute Gasteiger partial charge is 0.359 e.